The van der Waals surface area contributed by atoms with E-state index in [1.165, 1.54) is 12.3 Å². The highest BCUT2D eigenvalue weighted by Gasteiger charge is 2.12. The molecule has 1 N–H and O–H groups in total. The number of rotatable bonds is 4. The molecule has 0 aliphatic heterocycles. The van der Waals surface area contributed by atoms with Crippen LogP contribution in [0.15, 0.2) is 68.9 Å². The summed E-state index contributed by atoms with van der Waals surface area (Å²) >= 11 is 0. The fourth-order valence-corrected chi connectivity index (χ4v) is 2.21. The van der Waals surface area contributed by atoms with Crippen LogP contribution in [0.1, 0.15) is 15.9 Å². The Morgan fingerprint density at radius 3 is 2.75 bits per heavy atom. The van der Waals surface area contributed by atoms with Gasteiger partial charge in [-0.1, -0.05) is 30.3 Å². The fourth-order valence-electron chi connectivity index (χ4n) is 2.21. The van der Waals surface area contributed by atoms with Gasteiger partial charge >= 0.3 is 5.63 Å². The molecule has 0 saturated carbocycles. The lowest BCUT2D eigenvalue weighted by molar-refractivity contribution is 0.0951. The monoisotopic (exact) mass is 322 g/mol. The van der Waals surface area contributed by atoms with Crippen molar-refractivity contribution in [1.29, 1.82) is 0 Å². The first-order valence-electron chi connectivity index (χ1n) is 7.18. The molecule has 3 rings (SSSR count). The molecule has 0 aliphatic carbocycles. The van der Waals surface area contributed by atoms with E-state index >= 15 is 0 Å². The summed E-state index contributed by atoms with van der Waals surface area (Å²) < 4.78 is 10.3. The molecule has 1 amide bonds. The molecule has 6 nitrogen and oxygen atoms in total. The molecule has 120 valence electrons. The van der Waals surface area contributed by atoms with E-state index in [2.05, 4.69) is 10.5 Å². The van der Waals surface area contributed by atoms with E-state index in [0.717, 1.165) is 0 Å². The number of methoxy groups -OCH3 is 1. The second-order valence-electron chi connectivity index (χ2n) is 4.93. The zero-order chi connectivity index (χ0) is 16.9. The molecular weight excluding hydrogens is 308 g/mol. The molecule has 0 spiro atoms. The molecule has 2 aromatic carbocycles. The standard InChI is InChI=1S/C18H14N2O4/c1-23-15-8-4-3-7-13(15)11-19-20-17(21)14-10-12-6-2-5-9-16(12)24-18(14)22/h2-11H,1H3,(H,20,21)/b19-11-. The highest BCUT2D eigenvalue weighted by Crippen LogP contribution is 2.15. The van der Waals surface area contributed by atoms with Crippen LogP contribution in [0, 0.1) is 0 Å². The van der Waals surface area contributed by atoms with E-state index < -0.39 is 11.5 Å². The van der Waals surface area contributed by atoms with Gasteiger partial charge in [0.15, 0.2) is 0 Å². The number of nitrogens with zero attached hydrogens (tertiary/aromatic N) is 1. The number of ether oxygens (including phenoxy) is 1. The van der Waals surface area contributed by atoms with Gasteiger partial charge in [0.2, 0.25) is 0 Å². The van der Waals surface area contributed by atoms with Crippen LogP contribution in [0.4, 0.5) is 0 Å². The molecule has 1 heterocycles. The van der Waals surface area contributed by atoms with E-state index in [4.69, 9.17) is 9.15 Å². The summed E-state index contributed by atoms with van der Waals surface area (Å²) in [4.78, 5) is 24.0. The van der Waals surface area contributed by atoms with Gasteiger partial charge in [0.25, 0.3) is 5.91 Å². The Morgan fingerprint density at radius 2 is 1.92 bits per heavy atom. The third-order valence-corrected chi connectivity index (χ3v) is 3.39. The summed E-state index contributed by atoms with van der Waals surface area (Å²) in [6.45, 7) is 0. The van der Waals surface area contributed by atoms with Crippen molar-refractivity contribution in [3.63, 3.8) is 0 Å². The Hall–Kier alpha value is -3.41. The Labute approximate surface area is 137 Å². The number of hydrogen-bond donors (Lipinski definition) is 1. The van der Waals surface area contributed by atoms with Gasteiger partial charge < -0.3 is 9.15 Å². The second-order valence-corrected chi connectivity index (χ2v) is 4.93. The SMILES string of the molecule is COc1ccccc1/C=N\NC(=O)c1cc2ccccc2oc1=O. The molecule has 24 heavy (non-hydrogen) atoms. The van der Waals surface area contributed by atoms with Crippen molar-refractivity contribution >= 4 is 23.1 Å². The normalized spacial score (nSPS) is 10.9. The first-order valence-corrected chi connectivity index (χ1v) is 7.18. The van der Waals surface area contributed by atoms with Gasteiger partial charge in [0.05, 0.1) is 13.3 Å². The maximum Gasteiger partial charge on any atom is 0.349 e. The Balaban J connectivity index is 1.81. The van der Waals surface area contributed by atoms with Gasteiger partial charge in [0.1, 0.15) is 16.9 Å². The minimum absolute atomic E-state index is 0.106. The van der Waals surface area contributed by atoms with Crippen molar-refractivity contribution in [3.05, 3.63) is 76.1 Å². The third kappa shape index (κ3) is 3.17. The maximum atomic E-state index is 12.1. The summed E-state index contributed by atoms with van der Waals surface area (Å²) in [6, 6.07) is 15.7. The molecule has 0 atom stereocenters. The number of carbonyl (C=O) groups is 1. The first kappa shape index (κ1) is 15.5. The topological polar surface area (TPSA) is 80.9 Å². The highest BCUT2D eigenvalue weighted by atomic mass is 16.5. The molecule has 0 fully saturated rings. The average molecular weight is 322 g/mol. The van der Waals surface area contributed by atoms with Gasteiger partial charge in [-0.05, 0) is 24.3 Å². The van der Waals surface area contributed by atoms with E-state index in [9.17, 15) is 9.59 Å². The second kappa shape index (κ2) is 6.78. The van der Waals surface area contributed by atoms with Crippen LogP contribution in [0.2, 0.25) is 0 Å². The fraction of sp³-hybridized carbons (Fsp3) is 0.0556. The number of hydrazone groups is 1. The predicted molar refractivity (Wildman–Crippen MR) is 90.5 cm³/mol. The van der Waals surface area contributed by atoms with Crippen molar-refractivity contribution in [1.82, 2.24) is 5.43 Å². The summed E-state index contributed by atoms with van der Waals surface area (Å²) in [5, 5.41) is 4.53. The van der Waals surface area contributed by atoms with Crippen molar-refractivity contribution in [2.45, 2.75) is 0 Å². The number of hydrogen-bond acceptors (Lipinski definition) is 5. The van der Waals surface area contributed by atoms with Crippen molar-refractivity contribution in [2.24, 2.45) is 5.10 Å². The minimum atomic E-state index is -0.710. The molecule has 0 bridgehead atoms. The molecule has 1 aromatic heterocycles. The molecule has 6 heteroatoms. The summed E-state index contributed by atoms with van der Waals surface area (Å²) in [7, 11) is 1.55. The van der Waals surface area contributed by atoms with E-state index in [1.807, 2.05) is 12.1 Å². The van der Waals surface area contributed by atoms with Crippen LogP contribution in [0.25, 0.3) is 11.0 Å². The van der Waals surface area contributed by atoms with Crippen LogP contribution in [0.3, 0.4) is 0 Å². The molecular formula is C18H14N2O4. The quantitative estimate of drug-likeness (QED) is 0.455. The van der Waals surface area contributed by atoms with Gasteiger partial charge in [-0.15, -0.1) is 0 Å². The number of fused-ring (bicyclic) bond motifs is 1. The zero-order valence-electron chi connectivity index (χ0n) is 12.9. The van der Waals surface area contributed by atoms with Gasteiger partial charge in [-0.25, -0.2) is 10.2 Å². The van der Waals surface area contributed by atoms with Crippen molar-refractivity contribution in [3.8, 4) is 5.75 Å². The molecule has 0 aliphatic rings. The highest BCUT2D eigenvalue weighted by molar-refractivity contribution is 5.97. The minimum Gasteiger partial charge on any atom is -0.496 e. The Kier molecular flexibility index (Phi) is 4.38. The molecule has 0 unspecified atom stereocenters. The van der Waals surface area contributed by atoms with Crippen LogP contribution >= 0.6 is 0 Å². The van der Waals surface area contributed by atoms with Gasteiger partial charge in [-0.3, -0.25) is 4.79 Å². The van der Waals surface area contributed by atoms with Crippen LogP contribution < -0.4 is 15.8 Å². The van der Waals surface area contributed by atoms with E-state index in [0.29, 0.717) is 22.3 Å². The lowest BCUT2D eigenvalue weighted by atomic mass is 10.2. The van der Waals surface area contributed by atoms with Crippen LogP contribution in [-0.4, -0.2) is 19.2 Å². The van der Waals surface area contributed by atoms with Gasteiger partial charge in [0, 0.05) is 10.9 Å². The molecule has 0 saturated heterocycles. The summed E-state index contributed by atoms with van der Waals surface area (Å²) in [5.74, 6) is -0.0126. The smallest absolute Gasteiger partial charge is 0.349 e. The lowest BCUT2D eigenvalue weighted by Crippen LogP contribution is -2.24. The zero-order valence-corrected chi connectivity index (χ0v) is 12.9. The van der Waals surface area contributed by atoms with E-state index in [-0.39, 0.29) is 5.56 Å². The van der Waals surface area contributed by atoms with Crippen LogP contribution in [0.5, 0.6) is 5.75 Å². The maximum absolute atomic E-state index is 12.1. The largest absolute Gasteiger partial charge is 0.496 e. The number of para-hydroxylation sites is 2. The number of amides is 1. The van der Waals surface area contributed by atoms with Gasteiger partial charge in [-0.2, -0.15) is 5.10 Å². The molecule has 0 radical (unpaired) electrons. The number of carbonyl (C=O) groups excluding carboxylic acids is 1. The number of benzene rings is 2. The predicted octanol–water partition coefficient (Wildman–Crippen LogP) is 2.57. The van der Waals surface area contributed by atoms with Crippen molar-refractivity contribution < 1.29 is 13.9 Å². The summed E-state index contributed by atoms with van der Waals surface area (Å²) in [6.07, 6.45) is 1.44. The third-order valence-electron chi connectivity index (χ3n) is 3.39. The van der Waals surface area contributed by atoms with E-state index in [1.54, 1.807) is 43.5 Å². The van der Waals surface area contributed by atoms with Crippen LogP contribution in [-0.2, 0) is 0 Å². The molecule has 3 aromatic rings. The van der Waals surface area contributed by atoms with Crippen molar-refractivity contribution in [2.75, 3.05) is 7.11 Å². The Bertz CT molecular complexity index is 976. The number of nitrogens with one attached hydrogen (secondary N) is 1. The Morgan fingerprint density at radius 1 is 1.17 bits per heavy atom. The lowest BCUT2D eigenvalue weighted by Gasteiger charge is -2.03. The summed E-state index contributed by atoms with van der Waals surface area (Å²) in [5.41, 5.74) is 2.63. The average Bonchev–Trinajstić information content (AvgIpc) is 2.61. The first-order chi connectivity index (χ1) is 11.7.